The largest absolute Gasteiger partial charge is 0.269 e. The Morgan fingerprint density at radius 2 is 1.81 bits per heavy atom. The molecule has 0 aliphatic carbocycles. The number of imide groups is 1. The minimum atomic E-state index is -0.456. The Morgan fingerprint density at radius 1 is 1.19 bits per heavy atom. The van der Waals surface area contributed by atoms with E-state index in [1.807, 2.05) is 6.07 Å². The lowest BCUT2D eigenvalue weighted by Crippen LogP contribution is -2.29. The van der Waals surface area contributed by atoms with Crippen molar-refractivity contribution in [1.29, 1.82) is 5.26 Å². The maximum absolute atomic E-state index is 11.4. The topological polar surface area (TPSA) is 61.2 Å². The first-order chi connectivity index (χ1) is 7.63. The number of anilines is 1. The first-order valence-electron chi connectivity index (χ1n) is 4.39. The van der Waals surface area contributed by atoms with Crippen LogP contribution < -0.4 is 4.90 Å². The molecule has 0 aromatic heterocycles. The number of halogens is 1. The van der Waals surface area contributed by atoms with Crippen molar-refractivity contribution in [2.24, 2.45) is 0 Å². The number of rotatable bonds is 1. The second-order valence-corrected chi connectivity index (χ2v) is 3.53. The molecule has 16 heavy (non-hydrogen) atoms. The van der Waals surface area contributed by atoms with Crippen molar-refractivity contribution in [1.82, 2.24) is 0 Å². The Morgan fingerprint density at radius 3 is 2.38 bits per heavy atom. The molecule has 1 heterocycles. The molecule has 1 aromatic rings. The van der Waals surface area contributed by atoms with Crippen LogP contribution in [-0.2, 0) is 9.59 Å². The third-order valence-electron chi connectivity index (χ3n) is 2.13. The summed E-state index contributed by atoms with van der Waals surface area (Å²) in [5.74, 6) is -0.913. The number of hydrogen-bond donors (Lipinski definition) is 0. The van der Waals surface area contributed by atoms with Crippen LogP contribution in [0.25, 0.3) is 0 Å². The van der Waals surface area contributed by atoms with Crippen molar-refractivity contribution in [2.45, 2.75) is 0 Å². The van der Waals surface area contributed by atoms with Crippen molar-refractivity contribution < 1.29 is 9.59 Å². The highest BCUT2D eigenvalue weighted by Crippen LogP contribution is 2.28. The van der Waals surface area contributed by atoms with Crippen molar-refractivity contribution >= 4 is 29.1 Å². The summed E-state index contributed by atoms with van der Waals surface area (Å²) in [6.45, 7) is 0. The number of benzene rings is 1. The Balaban J connectivity index is 2.52. The van der Waals surface area contributed by atoms with E-state index in [4.69, 9.17) is 16.9 Å². The molecule has 2 amide bonds. The average molecular weight is 233 g/mol. The molecule has 0 fully saturated rings. The molecule has 1 aliphatic rings. The number of nitriles is 1. The van der Waals surface area contributed by atoms with Gasteiger partial charge < -0.3 is 0 Å². The van der Waals surface area contributed by atoms with Gasteiger partial charge >= 0.3 is 0 Å². The molecular weight excluding hydrogens is 228 g/mol. The Kier molecular flexibility index (Phi) is 2.47. The third-order valence-corrected chi connectivity index (χ3v) is 2.45. The van der Waals surface area contributed by atoms with Crippen LogP contribution in [0.4, 0.5) is 5.69 Å². The first kappa shape index (κ1) is 10.4. The van der Waals surface area contributed by atoms with E-state index in [0.717, 1.165) is 17.1 Å². The van der Waals surface area contributed by atoms with Gasteiger partial charge in [0.1, 0.15) is 0 Å². The van der Waals surface area contributed by atoms with E-state index in [2.05, 4.69) is 0 Å². The zero-order valence-electron chi connectivity index (χ0n) is 7.98. The zero-order chi connectivity index (χ0) is 11.7. The molecule has 0 unspecified atom stereocenters. The second kappa shape index (κ2) is 3.80. The van der Waals surface area contributed by atoms with Gasteiger partial charge in [0, 0.05) is 12.2 Å². The summed E-state index contributed by atoms with van der Waals surface area (Å²) in [5, 5.41) is 8.98. The van der Waals surface area contributed by atoms with Crippen LogP contribution in [0.3, 0.4) is 0 Å². The van der Waals surface area contributed by atoms with Gasteiger partial charge in [-0.15, -0.1) is 0 Å². The maximum atomic E-state index is 11.4. The summed E-state index contributed by atoms with van der Waals surface area (Å²) in [6.07, 6.45) is 2.33. The average Bonchev–Trinajstić information content (AvgIpc) is 2.60. The third kappa shape index (κ3) is 1.58. The van der Waals surface area contributed by atoms with Gasteiger partial charge in [-0.25, -0.2) is 4.90 Å². The highest BCUT2D eigenvalue weighted by atomic mass is 35.5. The summed E-state index contributed by atoms with van der Waals surface area (Å²) in [7, 11) is 0. The molecule has 0 bridgehead atoms. The molecule has 78 valence electrons. The van der Waals surface area contributed by atoms with Crippen molar-refractivity contribution in [3.05, 3.63) is 40.9 Å². The Bertz CT molecular complexity index is 540. The normalized spacial score (nSPS) is 14.4. The molecular formula is C11H5ClN2O2. The molecule has 0 spiro atoms. The van der Waals surface area contributed by atoms with Gasteiger partial charge in [-0.3, -0.25) is 9.59 Å². The quantitative estimate of drug-likeness (QED) is 0.692. The summed E-state index contributed by atoms with van der Waals surface area (Å²) in [5.41, 5.74) is 0.576. The summed E-state index contributed by atoms with van der Waals surface area (Å²) < 4.78 is 0. The van der Waals surface area contributed by atoms with Crippen LogP contribution in [-0.4, -0.2) is 11.8 Å². The van der Waals surface area contributed by atoms with Gasteiger partial charge in [0.2, 0.25) is 0 Å². The van der Waals surface area contributed by atoms with Crippen molar-refractivity contribution in [3.63, 3.8) is 0 Å². The minimum Gasteiger partial charge on any atom is -0.269 e. The monoisotopic (exact) mass is 232 g/mol. The van der Waals surface area contributed by atoms with Crippen LogP contribution in [0.15, 0.2) is 30.4 Å². The van der Waals surface area contributed by atoms with Gasteiger partial charge in [-0.1, -0.05) is 11.6 Å². The highest BCUT2D eigenvalue weighted by molar-refractivity contribution is 6.37. The molecule has 0 saturated carbocycles. The molecule has 0 radical (unpaired) electrons. The fourth-order valence-electron chi connectivity index (χ4n) is 1.39. The molecule has 1 aromatic carbocycles. The zero-order valence-corrected chi connectivity index (χ0v) is 8.73. The molecule has 0 saturated heterocycles. The molecule has 1 aliphatic heterocycles. The number of nitrogens with zero attached hydrogens (tertiary/aromatic N) is 2. The Labute approximate surface area is 96.3 Å². The minimum absolute atomic E-state index is 0.237. The lowest BCUT2D eigenvalue weighted by atomic mass is 10.2. The van der Waals surface area contributed by atoms with Gasteiger partial charge in [0.25, 0.3) is 11.8 Å². The number of carbonyl (C=O) groups excluding carboxylic acids is 2. The van der Waals surface area contributed by atoms with Crippen LogP contribution in [0, 0.1) is 11.3 Å². The standard InChI is InChI=1S/C11H5ClN2O2/c12-8-2-1-7(6-13)5-9(8)14-10(15)3-4-11(14)16/h1-5H. The van der Waals surface area contributed by atoms with Gasteiger partial charge in [-0.2, -0.15) is 5.26 Å². The summed E-state index contributed by atoms with van der Waals surface area (Å²) >= 11 is 5.88. The summed E-state index contributed by atoms with van der Waals surface area (Å²) in [4.78, 5) is 23.8. The number of amides is 2. The lowest BCUT2D eigenvalue weighted by molar-refractivity contribution is -0.119. The van der Waals surface area contributed by atoms with E-state index in [-0.39, 0.29) is 10.7 Å². The highest BCUT2D eigenvalue weighted by Gasteiger charge is 2.27. The van der Waals surface area contributed by atoms with Crippen molar-refractivity contribution in [3.8, 4) is 6.07 Å². The van der Waals surface area contributed by atoms with E-state index in [1.165, 1.54) is 18.2 Å². The maximum Gasteiger partial charge on any atom is 0.258 e. The van der Waals surface area contributed by atoms with Crippen LogP contribution in [0.2, 0.25) is 5.02 Å². The Hall–Kier alpha value is -2.12. The molecule has 5 heteroatoms. The van der Waals surface area contributed by atoms with Crippen molar-refractivity contribution in [2.75, 3.05) is 4.90 Å². The fourth-order valence-corrected chi connectivity index (χ4v) is 1.59. The van der Waals surface area contributed by atoms with Gasteiger partial charge in [0.15, 0.2) is 0 Å². The van der Waals surface area contributed by atoms with Gasteiger partial charge in [0.05, 0.1) is 22.3 Å². The second-order valence-electron chi connectivity index (χ2n) is 3.12. The predicted molar refractivity (Wildman–Crippen MR) is 57.8 cm³/mol. The SMILES string of the molecule is N#Cc1ccc(Cl)c(N2C(=O)C=CC2=O)c1. The molecule has 4 nitrogen and oxygen atoms in total. The molecule has 2 rings (SSSR count). The van der Waals surface area contributed by atoms with Gasteiger partial charge in [-0.05, 0) is 18.2 Å². The number of hydrogen-bond acceptors (Lipinski definition) is 3. The number of carbonyl (C=O) groups is 2. The van der Waals surface area contributed by atoms with Crippen LogP contribution in [0.5, 0.6) is 0 Å². The smallest absolute Gasteiger partial charge is 0.258 e. The van der Waals surface area contributed by atoms with E-state index in [0.29, 0.717) is 5.56 Å². The van der Waals surface area contributed by atoms with E-state index in [9.17, 15) is 9.59 Å². The van der Waals surface area contributed by atoms with E-state index in [1.54, 1.807) is 0 Å². The lowest BCUT2D eigenvalue weighted by Gasteiger charge is -2.15. The summed E-state index contributed by atoms with van der Waals surface area (Å²) in [6, 6.07) is 6.33. The molecule has 0 N–H and O–H groups in total. The molecule has 0 atom stereocenters. The fraction of sp³-hybridized carbons (Fsp3) is 0. The van der Waals surface area contributed by atoms with E-state index >= 15 is 0 Å². The predicted octanol–water partition coefficient (Wildman–Crippen LogP) is 1.64. The first-order valence-corrected chi connectivity index (χ1v) is 4.77. The van der Waals surface area contributed by atoms with E-state index < -0.39 is 11.8 Å². The van der Waals surface area contributed by atoms with Crippen LogP contribution >= 0.6 is 11.6 Å². The van der Waals surface area contributed by atoms with Crippen LogP contribution in [0.1, 0.15) is 5.56 Å².